The Balaban J connectivity index is 1.70. The first-order valence-corrected chi connectivity index (χ1v) is 9.84. The van der Waals surface area contributed by atoms with Crippen molar-refractivity contribution >= 4 is 23.4 Å². The fourth-order valence-electron chi connectivity index (χ4n) is 3.99. The Bertz CT molecular complexity index is 945. The fourth-order valence-corrected chi connectivity index (χ4v) is 4.10. The van der Waals surface area contributed by atoms with Gasteiger partial charge in [-0.25, -0.2) is 9.67 Å². The van der Waals surface area contributed by atoms with E-state index >= 15 is 0 Å². The van der Waals surface area contributed by atoms with Crippen LogP contribution in [0.2, 0.25) is 5.02 Å². The minimum atomic E-state index is -0.657. The Morgan fingerprint density at radius 1 is 1.32 bits per heavy atom. The van der Waals surface area contributed by atoms with Crippen LogP contribution in [0, 0.1) is 11.3 Å². The Morgan fingerprint density at radius 2 is 2.07 bits per heavy atom. The molecule has 148 valence electrons. The van der Waals surface area contributed by atoms with Crippen molar-refractivity contribution < 1.29 is 9.59 Å². The van der Waals surface area contributed by atoms with E-state index in [1.807, 2.05) is 20.8 Å². The predicted molar refractivity (Wildman–Crippen MR) is 106 cm³/mol. The molecule has 0 aromatic carbocycles. The summed E-state index contributed by atoms with van der Waals surface area (Å²) < 4.78 is 1.77. The molecule has 2 amide bonds. The highest BCUT2D eigenvalue weighted by Crippen LogP contribution is 2.57. The summed E-state index contributed by atoms with van der Waals surface area (Å²) in [6.45, 7) is 5.76. The average Bonchev–Trinajstić information content (AvgIpc) is 3.14. The van der Waals surface area contributed by atoms with Crippen LogP contribution < -0.4 is 10.6 Å². The second-order valence-electron chi connectivity index (χ2n) is 8.65. The number of rotatable bonds is 4. The molecule has 0 unspecified atom stereocenters. The van der Waals surface area contributed by atoms with Gasteiger partial charge in [0.1, 0.15) is 6.04 Å². The molecular weight excluding hydrogens is 378 g/mol. The van der Waals surface area contributed by atoms with Crippen LogP contribution in [0.3, 0.4) is 0 Å². The normalized spacial score (nSPS) is 20.9. The fraction of sp³-hybridized carbons (Fsp3) is 0.500. The summed E-state index contributed by atoms with van der Waals surface area (Å²) in [6, 6.07) is 2.91. The van der Waals surface area contributed by atoms with Crippen molar-refractivity contribution in [3.8, 4) is 5.82 Å². The molecule has 3 atom stereocenters. The first-order chi connectivity index (χ1) is 13.2. The number of carbonyl (C=O) groups excluding carboxylic acids is 2. The van der Waals surface area contributed by atoms with E-state index in [-0.39, 0.29) is 11.8 Å². The van der Waals surface area contributed by atoms with E-state index in [1.165, 1.54) is 0 Å². The van der Waals surface area contributed by atoms with Gasteiger partial charge in [0.25, 0.3) is 5.91 Å². The number of hydrogen-bond donors (Lipinski definition) is 2. The third-order valence-corrected chi connectivity index (χ3v) is 5.78. The topological polar surface area (TPSA) is 88.9 Å². The van der Waals surface area contributed by atoms with Gasteiger partial charge in [0.05, 0.1) is 10.7 Å². The minimum absolute atomic E-state index is 0.223. The summed E-state index contributed by atoms with van der Waals surface area (Å²) in [5, 5.41) is 10.7. The van der Waals surface area contributed by atoms with Crippen molar-refractivity contribution in [3.05, 3.63) is 40.3 Å². The summed E-state index contributed by atoms with van der Waals surface area (Å²) in [5.74, 6) is 1.10. The Morgan fingerprint density at radius 3 is 2.68 bits per heavy atom. The van der Waals surface area contributed by atoms with Gasteiger partial charge in [-0.15, -0.1) is 0 Å². The number of halogens is 1. The molecule has 1 saturated carbocycles. The summed E-state index contributed by atoms with van der Waals surface area (Å²) in [5.41, 5.74) is 2.00. The SMILES string of the molecule is CNC(=O)[C@@H](NC(=O)c1nn(-c2ccc(Cl)cn2)c2c1C[C@H]1C[C@@H]21)C(C)(C)C. The molecule has 28 heavy (non-hydrogen) atoms. The van der Waals surface area contributed by atoms with Crippen molar-refractivity contribution in [1.29, 1.82) is 0 Å². The number of amides is 2. The molecule has 2 aromatic rings. The maximum atomic E-state index is 13.1. The first-order valence-electron chi connectivity index (χ1n) is 9.47. The van der Waals surface area contributed by atoms with Gasteiger partial charge in [0.2, 0.25) is 5.91 Å². The molecule has 4 rings (SSSR count). The molecule has 8 heteroatoms. The van der Waals surface area contributed by atoms with Crippen molar-refractivity contribution in [1.82, 2.24) is 25.4 Å². The Kier molecular flexibility index (Phi) is 4.45. The molecule has 0 spiro atoms. The van der Waals surface area contributed by atoms with E-state index in [9.17, 15) is 9.59 Å². The highest BCUT2D eigenvalue weighted by Gasteiger charge is 2.50. The zero-order valence-electron chi connectivity index (χ0n) is 16.4. The quantitative estimate of drug-likeness (QED) is 0.823. The minimum Gasteiger partial charge on any atom is -0.357 e. The second kappa shape index (κ2) is 6.58. The van der Waals surface area contributed by atoms with Crippen LogP contribution in [0.5, 0.6) is 0 Å². The molecule has 0 bridgehead atoms. The molecule has 2 aliphatic carbocycles. The number of nitrogens with zero attached hydrogens (tertiary/aromatic N) is 3. The number of pyridine rings is 1. The van der Waals surface area contributed by atoms with Gasteiger partial charge in [0.15, 0.2) is 11.5 Å². The van der Waals surface area contributed by atoms with Gasteiger partial charge in [-0.3, -0.25) is 9.59 Å². The van der Waals surface area contributed by atoms with E-state index in [2.05, 4.69) is 20.7 Å². The lowest BCUT2D eigenvalue weighted by molar-refractivity contribution is -0.124. The molecule has 2 aromatic heterocycles. The van der Waals surface area contributed by atoms with Crippen molar-refractivity contribution in [3.63, 3.8) is 0 Å². The van der Waals surface area contributed by atoms with Gasteiger partial charge in [-0.1, -0.05) is 32.4 Å². The highest BCUT2D eigenvalue weighted by atomic mass is 35.5. The van der Waals surface area contributed by atoms with Gasteiger partial charge < -0.3 is 10.6 Å². The summed E-state index contributed by atoms with van der Waals surface area (Å²) >= 11 is 5.96. The number of carbonyl (C=O) groups is 2. The largest absolute Gasteiger partial charge is 0.357 e. The zero-order chi connectivity index (χ0) is 20.2. The van der Waals surface area contributed by atoms with Crippen LogP contribution in [0.1, 0.15) is 54.9 Å². The number of aromatic nitrogens is 3. The van der Waals surface area contributed by atoms with Crippen molar-refractivity contribution in [2.24, 2.45) is 11.3 Å². The summed E-state index contributed by atoms with van der Waals surface area (Å²) in [6.07, 6.45) is 3.54. The lowest BCUT2D eigenvalue weighted by Crippen LogP contribution is -2.53. The molecule has 0 saturated heterocycles. The predicted octanol–water partition coefficient (Wildman–Crippen LogP) is 2.47. The van der Waals surface area contributed by atoms with E-state index in [0.29, 0.717) is 28.4 Å². The van der Waals surface area contributed by atoms with Gasteiger partial charge in [0, 0.05) is 24.7 Å². The van der Waals surface area contributed by atoms with E-state index in [0.717, 1.165) is 24.1 Å². The van der Waals surface area contributed by atoms with Crippen LogP contribution in [-0.2, 0) is 11.2 Å². The third-order valence-electron chi connectivity index (χ3n) is 5.56. The monoisotopic (exact) mass is 401 g/mol. The summed E-state index contributed by atoms with van der Waals surface area (Å²) in [7, 11) is 1.57. The van der Waals surface area contributed by atoms with Crippen molar-refractivity contribution in [2.75, 3.05) is 7.05 Å². The smallest absolute Gasteiger partial charge is 0.272 e. The average molecular weight is 402 g/mol. The zero-order valence-corrected chi connectivity index (χ0v) is 17.2. The van der Waals surface area contributed by atoms with E-state index in [4.69, 9.17) is 11.6 Å². The maximum absolute atomic E-state index is 13.1. The second-order valence-corrected chi connectivity index (χ2v) is 9.09. The maximum Gasteiger partial charge on any atom is 0.272 e. The van der Waals surface area contributed by atoms with Crippen LogP contribution in [-0.4, -0.2) is 39.7 Å². The van der Waals surface area contributed by atoms with Gasteiger partial charge in [-0.05, 0) is 36.3 Å². The molecular formula is C20H24ClN5O2. The molecule has 7 nitrogen and oxygen atoms in total. The lowest BCUT2D eigenvalue weighted by Gasteiger charge is -2.29. The Labute approximate surface area is 168 Å². The van der Waals surface area contributed by atoms with Crippen LogP contribution in [0.15, 0.2) is 18.3 Å². The first kappa shape index (κ1) is 18.9. The number of hydrogen-bond acceptors (Lipinski definition) is 4. The van der Waals surface area contributed by atoms with Crippen LogP contribution in [0.4, 0.5) is 0 Å². The number of likely N-dealkylation sites (N-methyl/N-ethyl adjacent to an activating group) is 1. The standard InChI is InChI=1S/C20H24ClN5O2/c1-20(2,3)17(19(28)22-4)24-18(27)15-13-8-10-7-12(10)16(13)26(25-15)14-6-5-11(21)9-23-14/h5-6,9-10,12,17H,7-8H2,1-4H3,(H,22,28)(H,24,27)/t10-,12-,17-/m1/s1. The number of fused-ring (bicyclic) bond motifs is 3. The van der Waals surface area contributed by atoms with Crippen LogP contribution >= 0.6 is 11.6 Å². The van der Waals surface area contributed by atoms with Crippen LogP contribution in [0.25, 0.3) is 5.82 Å². The molecule has 2 aliphatic rings. The lowest BCUT2D eigenvalue weighted by atomic mass is 9.86. The van der Waals surface area contributed by atoms with Gasteiger partial charge in [-0.2, -0.15) is 5.10 Å². The molecule has 0 radical (unpaired) electrons. The van der Waals surface area contributed by atoms with Crippen molar-refractivity contribution in [2.45, 2.75) is 45.6 Å². The molecule has 2 heterocycles. The third kappa shape index (κ3) is 3.17. The van der Waals surface area contributed by atoms with E-state index < -0.39 is 11.5 Å². The summed E-state index contributed by atoms with van der Waals surface area (Å²) in [4.78, 5) is 29.8. The number of nitrogens with one attached hydrogen (secondary N) is 2. The molecule has 0 aliphatic heterocycles. The van der Waals surface area contributed by atoms with E-state index in [1.54, 1.807) is 30.1 Å². The van der Waals surface area contributed by atoms with Gasteiger partial charge >= 0.3 is 0 Å². The molecule has 1 fully saturated rings. The molecule has 2 N–H and O–H groups in total. The highest BCUT2D eigenvalue weighted by molar-refractivity contribution is 6.30. The Hall–Kier alpha value is -2.41.